The molecule has 8 heteroatoms. The Balaban J connectivity index is 1.90. The molecule has 0 heterocycles. The van der Waals surface area contributed by atoms with E-state index in [0.717, 1.165) is 18.4 Å². The Morgan fingerprint density at radius 3 is 2.50 bits per heavy atom. The summed E-state index contributed by atoms with van der Waals surface area (Å²) in [5.74, 6) is 0.246. The van der Waals surface area contributed by atoms with Crippen molar-refractivity contribution in [3.63, 3.8) is 0 Å². The van der Waals surface area contributed by atoms with Gasteiger partial charge in [-0.3, -0.25) is 4.55 Å². The molecule has 22 heavy (non-hydrogen) atoms. The molecule has 1 aliphatic rings. The molecule has 0 saturated heterocycles. The lowest BCUT2D eigenvalue weighted by atomic mass is 10.1. The van der Waals surface area contributed by atoms with E-state index in [-0.39, 0.29) is 18.9 Å². The van der Waals surface area contributed by atoms with Crippen molar-refractivity contribution in [3.05, 3.63) is 35.9 Å². The molecule has 1 amide bonds. The largest absolute Gasteiger partial charge is 0.445 e. The molecule has 1 fully saturated rings. The molecule has 7 nitrogen and oxygen atoms in total. The number of rotatable bonds is 7. The van der Waals surface area contributed by atoms with Gasteiger partial charge in [0.05, 0.1) is 6.04 Å². The third-order valence-electron chi connectivity index (χ3n) is 3.45. The summed E-state index contributed by atoms with van der Waals surface area (Å²) in [4.78, 5) is 11.7. The monoisotopic (exact) mass is 329 g/mol. The Morgan fingerprint density at radius 2 is 1.95 bits per heavy atom. The van der Waals surface area contributed by atoms with Crippen LogP contribution in [0.3, 0.4) is 0 Å². The molecule has 3 N–H and O–H groups in total. The normalized spacial score (nSPS) is 17.5. The van der Waals surface area contributed by atoms with Crippen LogP contribution in [0, 0.1) is 5.92 Å². The van der Waals surface area contributed by atoms with Gasteiger partial charge >= 0.3 is 6.09 Å². The summed E-state index contributed by atoms with van der Waals surface area (Å²) in [6, 6.07) is 7.90. The van der Waals surface area contributed by atoms with Crippen LogP contribution in [-0.2, 0) is 21.5 Å². The van der Waals surface area contributed by atoms with Gasteiger partial charge in [0.1, 0.15) is 6.61 Å². The van der Waals surface area contributed by atoms with Crippen LogP contribution in [0.1, 0.15) is 24.8 Å². The molecule has 2 rings (SSSR count). The molecule has 0 aliphatic heterocycles. The predicted molar refractivity (Wildman–Crippen MR) is 78.4 cm³/mol. The summed E-state index contributed by atoms with van der Waals surface area (Å²) >= 11 is 0. The maximum absolute atomic E-state index is 11.7. The summed E-state index contributed by atoms with van der Waals surface area (Å²) in [5.41, 5.74) is -1.27. The van der Waals surface area contributed by atoms with Gasteiger partial charge in [-0.25, -0.2) is 4.79 Å². The number of amides is 1. The molecule has 2 atom stereocenters. The highest BCUT2D eigenvalue weighted by atomic mass is 32.2. The highest BCUT2D eigenvalue weighted by molar-refractivity contribution is 7.86. The van der Waals surface area contributed by atoms with Crippen LogP contribution in [0.2, 0.25) is 0 Å². The average molecular weight is 329 g/mol. The average Bonchev–Trinajstić information content (AvgIpc) is 3.28. The molecule has 0 radical (unpaired) electrons. The SMILES string of the molecule is O=C(N[C@@H](CC1CC1)C(O)S(=O)(=O)O)OCc1ccccc1. The Bertz CT molecular complexity index is 599. The van der Waals surface area contributed by atoms with Crippen molar-refractivity contribution in [2.24, 2.45) is 5.92 Å². The van der Waals surface area contributed by atoms with Crippen molar-refractivity contribution in [2.45, 2.75) is 37.3 Å². The zero-order valence-electron chi connectivity index (χ0n) is 11.9. The summed E-state index contributed by atoms with van der Waals surface area (Å²) in [5, 5.41) is 12.0. The maximum atomic E-state index is 11.7. The highest BCUT2D eigenvalue weighted by Crippen LogP contribution is 2.34. The number of ether oxygens (including phenoxy) is 1. The fourth-order valence-electron chi connectivity index (χ4n) is 2.08. The van der Waals surface area contributed by atoms with E-state index >= 15 is 0 Å². The quantitative estimate of drug-likeness (QED) is 0.650. The van der Waals surface area contributed by atoms with Gasteiger partial charge in [-0.1, -0.05) is 43.2 Å². The van der Waals surface area contributed by atoms with Crippen LogP contribution in [-0.4, -0.2) is 35.6 Å². The van der Waals surface area contributed by atoms with Crippen molar-refractivity contribution >= 4 is 16.2 Å². The fourth-order valence-corrected chi connectivity index (χ4v) is 2.68. The van der Waals surface area contributed by atoms with E-state index in [0.29, 0.717) is 0 Å². The number of aliphatic hydroxyl groups excluding tert-OH is 1. The zero-order chi connectivity index (χ0) is 16.2. The van der Waals surface area contributed by atoms with Crippen LogP contribution in [0.15, 0.2) is 30.3 Å². The van der Waals surface area contributed by atoms with Gasteiger partial charge in [-0.05, 0) is 17.9 Å². The first kappa shape index (κ1) is 16.7. The van der Waals surface area contributed by atoms with Crippen molar-refractivity contribution in [3.8, 4) is 0 Å². The van der Waals surface area contributed by atoms with E-state index in [1.165, 1.54) is 0 Å². The number of carbonyl (C=O) groups excluding carboxylic acids is 1. The molecular formula is C14H19NO6S. The minimum atomic E-state index is -4.65. The second kappa shape index (κ2) is 7.08. The lowest BCUT2D eigenvalue weighted by Crippen LogP contribution is -2.47. The summed E-state index contributed by atoms with van der Waals surface area (Å²) in [6.45, 7) is 0.0325. The number of hydrogen-bond acceptors (Lipinski definition) is 5. The minimum Gasteiger partial charge on any atom is -0.445 e. The highest BCUT2D eigenvalue weighted by Gasteiger charge is 2.36. The first-order valence-electron chi connectivity index (χ1n) is 6.98. The van der Waals surface area contributed by atoms with Crippen LogP contribution >= 0.6 is 0 Å². The van der Waals surface area contributed by atoms with Gasteiger partial charge in [-0.15, -0.1) is 0 Å². The van der Waals surface area contributed by atoms with Gasteiger partial charge in [0.2, 0.25) is 5.44 Å². The van der Waals surface area contributed by atoms with E-state index in [1.54, 1.807) is 24.3 Å². The van der Waals surface area contributed by atoms with Gasteiger partial charge in [0.25, 0.3) is 10.1 Å². The number of benzene rings is 1. The Hall–Kier alpha value is -1.64. The second-order valence-electron chi connectivity index (χ2n) is 5.40. The van der Waals surface area contributed by atoms with E-state index in [1.807, 2.05) is 6.07 Å². The predicted octanol–water partition coefficient (Wildman–Crippen LogP) is 1.29. The van der Waals surface area contributed by atoms with Crippen LogP contribution in [0.4, 0.5) is 4.79 Å². The topological polar surface area (TPSA) is 113 Å². The van der Waals surface area contributed by atoms with E-state index in [4.69, 9.17) is 9.29 Å². The van der Waals surface area contributed by atoms with Gasteiger partial charge in [0, 0.05) is 0 Å². The molecule has 0 bridgehead atoms. The summed E-state index contributed by atoms with van der Waals surface area (Å²) < 4.78 is 36.0. The van der Waals surface area contributed by atoms with E-state index in [2.05, 4.69) is 5.32 Å². The van der Waals surface area contributed by atoms with E-state index < -0.39 is 27.7 Å². The Labute approximate surface area is 129 Å². The smallest absolute Gasteiger partial charge is 0.407 e. The van der Waals surface area contributed by atoms with Crippen molar-refractivity contribution < 1.29 is 27.6 Å². The molecule has 0 aromatic heterocycles. The molecule has 0 spiro atoms. The standard InChI is InChI=1S/C14H19NO6S/c16-13(22(18,19)20)12(8-10-6-7-10)15-14(17)21-9-11-4-2-1-3-5-11/h1-5,10,12-13,16H,6-9H2,(H,15,17)(H,18,19,20)/t12-,13?/m0/s1. The molecule has 1 aromatic carbocycles. The number of hydrogen-bond donors (Lipinski definition) is 3. The van der Waals surface area contributed by atoms with Gasteiger partial charge < -0.3 is 15.2 Å². The number of aliphatic hydroxyl groups is 1. The summed E-state index contributed by atoms with van der Waals surface area (Å²) in [6.07, 6.45) is 1.27. The van der Waals surface area contributed by atoms with Crippen molar-refractivity contribution in [1.82, 2.24) is 5.32 Å². The third-order valence-corrected chi connectivity index (χ3v) is 4.39. The Morgan fingerprint density at radius 1 is 1.32 bits per heavy atom. The first-order chi connectivity index (χ1) is 10.4. The van der Waals surface area contributed by atoms with Gasteiger partial charge in [0.15, 0.2) is 0 Å². The van der Waals surface area contributed by atoms with Crippen LogP contribution in [0.25, 0.3) is 0 Å². The van der Waals surface area contributed by atoms with Crippen molar-refractivity contribution in [1.29, 1.82) is 0 Å². The van der Waals surface area contributed by atoms with Crippen LogP contribution in [0.5, 0.6) is 0 Å². The zero-order valence-corrected chi connectivity index (χ0v) is 12.7. The molecule has 1 aromatic rings. The molecule has 1 saturated carbocycles. The molecular weight excluding hydrogens is 310 g/mol. The molecule has 122 valence electrons. The number of nitrogens with one attached hydrogen (secondary N) is 1. The number of alkyl carbamates (subject to hydrolysis) is 1. The van der Waals surface area contributed by atoms with Crippen LogP contribution < -0.4 is 5.32 Å². The third kappa shape index (κ3) is 5.28. The Kier molecular flexibility index (Phi) is 5.38. The van der Waals surface area contributed by atoms with Gasteiger partial charge in [-0.2, -0.15) is 8.42 Å². The summed E-state index contributed by atoms with van der Waals surface area (Å²) in [7, 11) is -4.65. The molecule has 1 unspecified atom stereocenters. The second-order valence-corrected chi connectivity index (χ2v) is 6.91. The number of carbonyl (C=O) groups is 1. The maximum Gasteiger partial charge on any atom is 0.407 e. The first-order valence-corrected chi connectivity index (χ1v) is 8.48. The lowest BCUT2D eigenvalue weighted by molar-refractivity contribution is 0.119. The van der Waals surface area contributed by atoms with Crippen molar-refractivity contribution in [2.75, 3.05) is 0 Å². The molecule has 1 aliphatic carbocycles. The lowest BCUT2D eigenvalue weighted by Gasteiger charge is -2.21. The minimum absolute atomic E-state index is 0.0325. The van der Waals surface area contributed by atoms with E-state index in [9.17, 15) is 18.3 Å². The fraction of sp³-hybridized carbons (Fsp3) is 0.500.